The summed E-state index contributed by atoms with van der Waals surface area (Å²) < 4.78 is 18.3. The second-order valence-electron chi connectivity index (χ2n) is 9.42. The van der Waals surface area contributed by atoms with Crippen LogP contribution in [0.5, 0.6) is 23.0 Å². The van der Waals surface area contributed by atoms with E-state index in [0.29, 0.717) is 17.2 Å². The van der Waals surface area contributed by atoms with Gasteiger partial charge >= 0.3 is 0 Å². The molecule has 1 N–H and O–H groups in total. The molecule has 0 saturated carbocycles. The first-order valence-corrected chi connectivity index (χ1v) is 13.5. The van der Waals surface area contributed by atoms with E-state index >= 15 is 0 Å². The number of nitrogens with one attached hydrogen (secondary N) is 1. The molecule has 41 heavy (non-hydrogen) atoms. The van der Waals surface area contributed by atoms with Crippen molar-refractivity contribution in [3.05, 3.63) is 121 Å². The number of rotatable bonds is 10. The maximum absolute atomic E-state index is 12.8. The first-order valence-electron chi connectivity index (χ1n) is 12.7. The van der Waals surface area contributed by atoms with Crippen LogP contribution >= 0.6 is 15.9 Å². The van der Waals surface area contributed by atoms with E-state index in [2.05, 4.69) is 21.2 Å². The van der Waals surface area contributed by atoms with Crippen LogP contribution in [0.1, 0.15) is 27.8 Å². The second-order valence-corrected chi connectivity index (χ2v) is 10.3. The van der Waals surface area contributed by atoms with Crippen LogP contribution in [0.2, 0.25) is 0 Å². The fraction of sp³-hybridized carbons (Fsp3) is 0.156. The number of nitro benzene ring substituents is 1. The summed E-state index contributed by atoms with van der Waals surface area (Å²) in [5, 5.41) is 14.3. The molecule has 0 heterocycles. The standard InChI is InChI=1S/C32H29BrN2O6/c1-20-13-21(2)22(3)31(14-20)41-29-17-26(16-27(18-29)35(37)38)34-32(36)12-6-23-5-11-30(39-4)24(15-23)19-40-28-9-7-25(33)8-10-28/h5-18H,19H2,1-4H3,(H,34,36). The van der Waals surface area contributed by atoms with E-state index in [0.717, 1.165) is 32.3 Å². The number of amides is 1. The number of hydrogen-bond donors (Lipinski definition) is 1. The summed E-state index contributed by atoms with van der Waals surface area (Å²) in [5.74, 6) is 1.76. The Labute approximate surface area is 246 Å². The van der Waals surface area contributed by atoms with Gasteiger partial charge in [0, 0.05) is 28.2 Å². The topological polar surface area (TPSA) is 99.9 Å². The second kappa shape index (κ2) is 13.1. The molecule has 1 amide bonds. The predicted molar refractivity (Wildman–Crippen MR) is 163 cm³/mol. The minimum atomic E-state index is -0.526. The Morgan fingerprint density at radius 2 is 1.71 bits per heavy atom. The molecule has 4 rings (SSSR count). The van der Waals surface area contributed by atoms with Crippen LogP contribution < -0.4 is 19.5 Å². The number of non-ortho nitro benzene ring substituents is 1. The van der Waals surface area contributed by atoms with Crippen LogP contribution in [0.3, 0.4) is 0 Å². The molecule has 0 spiro atoms. The van der Waals surface area contributed by atoms with E-state index in [9.17, 15) is 14.9 Å². The van der Waals surface area contributed by atoms with Crippen LogP contribution in [0, 0.1) is 30.9 Å². The van der Waals surface area contributed by atoms with E-state index in [1.807, 2.05) is 69.3 Å². The number of nitrogens with zero attached hydrogens (tertiary/aromatic N) is 1. The summed E-state index contributed by atoms with van der Waals surface area (Å²) >= 11 is 3.41. The molecule has 0 aromatic heterocycles. The monoisotopic (exact) mass is 616 g/mol. The molecule has 4 aromatic carbocycles. The van der Waals surface area contributed by atoms with Crippen LogP contribution in [0.25, 0.3) is 6.08 Å². The molecule has 0 aliphatic rings. The lowest BCUT2D eigenvalue weighted by Crippen LogP contribution is -2.08. The van der Waals surface area contributed by atoms with Gasteiger partial charge in [-0.05, 0) is 91.6 Å². The maximum atomic E-state index is 12.8. The summed E-state index contributed by atoms with van der Waals surface area (Å²) in [5.41, 5.74) is 4.58. The molecule has 9 heteroatoms. The molecule has 0 unspecified atom stereocenters. The van der Waals surface area contributed by atoms with Gasteiger partial charge < -0.3 is 19.5 Å². The lowest BCUT2D eigenvalue weighted by atomic mass is 10.1. The van der Waals surface area contributed by atoms with E-state index in [1.54, 1.807) is 25.3 Å². The molecular weight excluding hydrogens is 588 g/mol. The van der Waals surface area contributed by atoms with Gasteiger partial charge in [-0.3, -0.25) is 14.9 Å². The van der Waals surface area contributed by atoms with Crippen molar-refractivity contribution in [1.29, 1.82) is 0 Å². The Hall–Kier alpha value is -4.63. The number of carbonyl (C=O) groups excluding carboxylic acids is 1. The number of benzene rings is 4. The van der Waals surface area contributed by atoms with Crippen molar-refractivity contribution >= 4 is 39.3 Å². The molecule has 210 valence electrons. The summed E-state index contributed by atoms with van der Waals surface area (Å²) in [7, 11) is 1.58. The zero-order valence-electron chi connectivity index (χ0n) is 23.1. The van der Waals surface area contributed by atoms with Crippen LogP contribution in [-0.2, 0) is 11.4 Å². The number of anilines is 1. The Morgan fingerprint density at radius 3 is 2.41 bits per heavy atom. The maximum Gasteiger partial charge on any atom is 0.275 e. The Balaban J connectivity index is 1.49. The fourth-order valence-corrected chi connectivity index (χ4v) is 4.38. The molecule has 0 aliphatic heterocycles. The molecular formula is C32H29BrN2O6. The van der Waals surface area contributed by atoms with Gasteiger partial charge in [-0.2, -0.15) is 0 Å². The molecule has 4 aromatic rings. The van der Waals surface area contributed by atoms with E-state index in [1.165, 1.54) is 18.2 Å². The SMILES string of the molecule is COc1ccc(C=CC(=O)Nc2cc(Oc3cc(C)cc(C)c3C)cc([N+](=O)[O-])c2)cc1COc1ccc(Br)cc1. The van der Waals surface area contributed by atoms with Crippen molar-refractivity contribution in [3.8, 4) is 23.0 Å². The van der Waals surface area contributed by atoms with Crippen molar-refractivity contribution < 1.29 is 23.9 Å². The highest BCUT2D eigenvalue weighted by Gasteiger charge is 2.14. The number of halogens is 1. The van der Waals surface area contributed by atoms with Crippen molar-refractivity contribution in [3.63, 3.8) is 0 Å². The van der Waals surface area contributed by atoms with Crippen molar-refractivity contribution in [2.45, 2.75) is 27.4 Å². The zero-order valence-corrected chi connectivity index (χ0v) is 24.7. The normalized spacial score (nSPS) is 10.9. The highest BCUT2D eigenvalue weighted by atomic mass is 79.9. The van der Waals surface area contributed by atoms with Gasteiger partial charge in [-0.15, -0.1) is 0 Å². The third-order valence-corrected chi connectivity index (χ3v) is 6.83. The highest BCUT2D eigenvalue weighted by Crippen LogP contribution is 2.33. The number of hydrogen-bond acceptors (Lipinski definition) is 6. The minimum Gasteiger partial charge on any atom is -0.496 e. The lowest BCUT2D eigenvalue weighted by molar-refractivity contribution is -0.384. The van der Waals surface area contributed by atoms with Crippen LogP contribution in [0.15, 0.2) is 83.3 Å². The Morgan fingerprint density at radius 1 is 0.951 bits per heavy atom. The van der Waals surface area contributed by atoms with Crippen molar-refractivity contribution in [2.75, 3.05) is 12.4 Å². The van der Waals surface area contributed by atoms with Gasteiger partial charge in [-0.25, -0.2) is 0 Å². The quantitative estimate of drug-likeness (QED) is 0.109. The average Bonchev–Trinajstić information content (AvgIpc) is 2.94. The van der Waals surface area contributed by atoms with Gasteiger partial charge in [0.2, 0.25) is 5.91 Å². The minimum absolute atomic E-state index is 0.200. The molecule has 8 nitrogen and oxygen atoms in total. The smallest absolute Gasteiger partial charge is 0.275 e. The van der Waals surface area contributed by atoms with Crippen LogP contribution in [-0.4, -0.2) is 17.9 Å². The number of ether oxygens (including phenoxy) is 3. The molecule has 0 saturated heterocycles. The molecule has 0 fully saturated rings. The first kappa shape index (κ1) is 29.4. The molecule has 0 atom stereocenters. The summed E-state index contributed by atoms with van der Waals surface area (Å²) in [6, 6.07) is 21.1. The highest BCUT2D eigenvalue weighted by molar-refractivity contribution is 9.10. The van der Waals surface area contributed by atoms with E-state index in [-0.39, 0.29) is 23.7 Å². The number of carbonyl (C=O) groups is 1. The number of methoxy groups -OCH3 is 1. The van der Waals surface area contributed by atoms with Gasteiger partial charge in [0.05, 0.1) is 23.8 Å². The van der Waals surface area contributed by atoms with Crippen LogP contribution in [0.4, 0.5) is 11.4 Å². The summed E-state index contributed by atoms with van der Waals surface area (Å²) in [6.07, 6.45) is 3.00. The van der Waals surface area contributed by atoms with Gasteiger partial charge in [-0.1, -0.05) is 28.1 Å². The van der Waals surface area contributed by atoms with Crippen molar-refractivity contribution in [1.82, 2.24) is 0 Å². The Kier molecular flexibility index (Phi) is 9.41. The first-order chi connectivity index (χ1) is 19.6. The molecule has 0 bridgehead atoms. The zero-order chi connectivity index (χ0) is 29.5. The molecule has 0 radical (unpaired) electrons. The lowest BCUT2D eigenvalue weighted by Gasteiger charge is -2.13. The van der Waals surface area contributed by atoms with Gasteiger partial charge in [0.15, 0.2) is 0 Å². The summed E-state index contributed by atoms with van der Waals surface area (Å²) in [4.78, 5) is 23.8. The van der Waals surface area contributed by atoms with E-state index < -0.39 is 10.8 Å². The predicted octanol–water partition coefficient (Wildman–Crippen LogP) is 8.31. The van der Waals surface area contributed by atoms with E-state index in [4.69, 9.17) is 14.2 Å². The average molecular weight is 617 g/mol. The number of aryl methyl sites for hydroxylation is 2. The van der Waals surface area contributed by atoms with Gasteiger partial charge in [0.25, 0.3) is 5.69 Å². The molecule has 0 aliphatic carbocycles. The Bertz CT molecular complexity index is 1620. The third kappa shape index (κ3) is 7.95. The summed E-state index contributed by atoms with van der Waals surface area (Å²) in [6.45, 7) is 6.12. The third-order valence-electron chi connectivity index (χ3n) is 6.30. The fourth-order valence-electron chi connectivity index (χ4n) is 4.12. The van der Waals surface area contributed by atoms with Crippen molar-refractivity contribution in [2.24, 2.45) is 0 Å². The van der Waals surface area contributed by atoms with Gasteiger partial charge in [0.1, 0.15) is 29.6 Å². The largest absolute Gasteiger partial charge is 0.496 e. The number of nitro groups is 1.